The second-order valence-corrected chi connectivity index (χ2v) is 7.60. The van der Waals surface area contributed by atoms with Crippen molar-refractivity contribution in [2.75, 3.05) is 19.0 Å². The van der Waals surface area contributed by atoms with Crippen LogP contribution in [0.1, 0.15) is 50.3 Å². The third-order valence-corrected chi connectivity index (χ3v) is 5.46. The number of hydrogen-bond donors (Lipinski definition) is 1. The Balaban J connectivity index is 0.00000240. The molecule has 0 saturated carbocycles. The van der Waals surface area contributed by atoms with Gasteiger partial charge in [0.05, 0.1) is 0 Å². The maximum Gasteiger partial charge on any atom is 0.250 e. The van der Waals surface area contributed by atoms with E-state index in [0.29, 0.717) is 0 Å². The number of amides is 1. The van der Waals surface area contributed by atoms with E-state index in [1.54, 1.807) is 0 Å². The second kappa shape index (κ2) is 10.2. The molecule has 1 aliphatic heterocycles. The molecule has 29 heavy (non-hydrogen) atoms. The summed E-state index contributed by atoms with van der Waals surface area (Å²) < 4.78 is 4.87. The largest absolute Gasteiger partial charge is 0.375 e. The molecule has 0 saturated heterocycles. The molecular formula is C25H34N2O2. The number of aliphatic imine (C=N–C) groups is 1. The van der Waals surface area contributed by atoms with Crippen LogP contribution in [0, 0.1) is 13.8 Å². The van der Waals surface area contributed by atoms with Gasteiger partial charge in [-0.25, -0.2) is 0 Å². The van der Waals surface area contributed by atoms with Gasteiger partial charge in [0.25, 0.3) is 0 Å². The number of ether oxygens (including phenoxy) is 1. The van der Waals surface area contributed by atoms with E-state index < -0.39 is 0 Å². The van der Waals surface area contributed by atoms with E-state index in [9.17, 15) is 4.79 Å². The van der Waals surface area contributed by atoms with Crippen LogP contribution >= 0.6 is 0 Å². The van der Waals surface area contributed by atoms with Gasteiger partial charge in [0, 0.05) is 33.5 Å². The summed E-state index contributed by atoms with van der Waals surface area (Å²) >= 11 is 0. The number of carbonyl (C=O) groups excluding carboxylic acids is 1. The predicted molar refractivity (Wildman–Crippen MR) is 124 cm³/mol. The monoisotopic (exact) mass is 394 g/mol. The Morgan fingerprint density at radius 2 is 1.97 bits per heavy atom. The van der Waals surface area contributed by atoms with Gasteiger partial charge >= 0.3 is 0 Å². The van der Waals surface area contributed by atoms with Crippen LogP contribution in [0.3, 0.4) is 0 Å². The first-order valence-electron chi connectivity index (χ1n) is 10.2. The maximum atomic E-state index is 11.7. The molecule has 3 rings (SSSR count). The van der Waals surface area contributed by atoms with E-state index in [1.165, 1.54) is 29.4 Å². The van der Waals surface area contributed by atoms with Crippen molar-refractivity contribution in [3.63, 3.8) is 0 Å². The third-order valence-electron chi connectivity index (χ3n) is 5.46. The van der Waals surface area contributed by atoms with E-state index in [1.807, 2.05) is 12.1 Å². The number of nitrogens with zero attached hydrogens (tertiary/aromatic N) is 1. The van der Waals surface area contributed by atoms with E-state index in [-0.39, 0.29) is 21.3 Å². The third kappa shape index (κ3) is 5.64. The Kier molecular flexibility index (Phi) is 7.36. The van der Waals surface area contributed by atoms with Crippen LogP contribution in [0.5, 0.6) is 0 Å². The average molecular weight is 395 g/mol. The lowest BCUT2D eigenvalue weighted by Crippen LogP contribution is -2.17. The van der Waals surface area contributed by atoms with Crippen molar-refractivity contribution in [2.45, 2.75) is 45.4 Å². The summed E-state index contributed by atoms with van der Waals surface area (Å²) in [5.74, 6) is 0.0737. The van der Waals surface area contributed by atoms with E-state index in [4.69, 9.17) is 9.73 Å². The van der Waals surface area contributed by atoms with Crippen LogP contribution < -0.4 is 5.32 Å². The number of carbonyl (C=O) groups is 1. The topological polar surface area (TPSA) is 50.7 Å². The molecule has 0 radical (unpaired) electrons. The summed E-state index contributed by atoms with van der Waals surface area (Å²) in [6.07, 6.45) is 8.50. The number of rotatable bonds is 7. The number of anilines is 1. The predicted octanol–water partition coefficient (Wildman–Crippen LogP) is 5.85. The molecule has 156 valence electrons. The summed E-state index contributed by atoms with van der Waals surface area (Å²) in [6, 6.07) is 14.6. The lowest BCUT2D eigenvalue weighted by molar-refractivity contribution is -0.119. The summed E-state index contributed by atoms with van der Waals surface area (Å²) in [5.41, 5.74) is 7.15. The van der Waals surface area contributed by atoms with Gasteiger partial charge in [-0.3, -0.25) is 9.79 Å². The smallest absolute Gasteiger partial charge is 0.250 e. The minimum atomic E-state index is -0.147. The first kappa shape index (κ1) is 21.0. The van der Waals surface area contributed by atoms with E-state index in [2.05, 4.69) is 61.8 Å². The standard InChI is InChI=1S/C25H30N2O2.2H2/c1-18-8-7-9-22(19(18)2)23(24-10-5-4-6-15-26-24)16-20-11-13-21(14-12-20)27-25(28)17-29-3;;/h7-15,23H,4-6,16-17H2,1-3H3,(H,27,28);2*1H. The summed E-state index contributed by atoms with van der Waals surface area (Å²) in [6.45, 7) is 4.42. The molecule has 0 aliphatic carbocycles. The Morgan fingerprint density at radius 3 is 2.72 bits per heavy atom. The van der Waals surface area contributed by atoms with Crippen LogP contribution in [0.2, 0.25) is 0 Å². The molecule has 4 nitrogen and oxygen atoms in total. The highest BCUT2D eigenvalue weighted by atomic mass is 16.5. The fourth-order valence-corrected chi connectivity index (χ4v) is 3.73. The number of hydrogen-bond acceptors (Lipinski definition) is 3. The lowest BCUT2D eigenvalue weighted by atomic mass is 9.85. The average Bonchev–Trinajstić information content (AvgIpc) is 2.99. The van der Waals surface area contributed by atoms with Crippen molar-refractivity contribution in [2.24, 2.45) is 4.99 Å². The van der Waals surface area contributed by atoms with E-state index in [0.717, 1.165) is 37.1 Å². The Morgan fingerprint density at radius 1 is 1.17 bits per heavy atom. The minimum absolute atomic E-state index is 0. The molecule has 1 aliphatic rings. The van der Waals surface area contributed by atoms with Crippen molar-refractivity contribution < 1.29 is 12.4 Å². The van der Waals surface area contributed by atoms with Gasteiger partial charge in [0.2, 0.25) is 5.91 Å². The Hall–Kier alpha value is -2.72. The quantitative estimate of drug-likeness (QED) is 0.641. The molecule has 0 fully saturated rings. The normalized spacial score (nSPS) is 14.8. The second-order valence-electron chi connectivity index (χ2n) is 7.60. The van der Waals surface area contributed by atoms with Crippen LogP contribution in [0.4, 0.5) is 5.69 Å². The lowest BCUT2D eigenvalue weighted by Gasteiger charge is -2.22. The highest BCUT2D eigenvalue weighted by Crippen LogP contribution is 2.34. The maximum absolute atomic E-state index is 11.7. The fraction of sp³-hybridized carbons (Fsp3) is 0.360. The molecule has 1 atom stereocenters. The van der Waals surface area contributed by atoms with Crippen molar-refractivity contribution in [1.82, 2.24) is 0 Å². The zero-order chi connectivity index (χ0) is 20.6. The van der Waals surface area contributed by atoms with Crippen LogP contribution in [0.25, 0.3) is 0 Å². The van der Waals surface area contributed by atoms with E-state index >= 15 is 0 Å². The SMILES string of the molecule is COCC(=O)Nc1ccc(CC(C2=CCCCC=N2)c2cccc(C)c2C)cc1.[HH].[HH]. The van der Waals surface area contributed by atoms with Crippen molar-refractivity contribution in [3.8, 4) is 0 Å². The number of nitrogens with one attached hydrogen (secondary N) is 1. The number of benzene rings is 2. The Bertz CT molecular complexity index is 908. The molecule has 1 heterocycles. The summed E-state index contributed by atoms with van der Waals surface area (Å²) in [5, 5.41) is 2.84. The molecule has 1 N–H and O–H groups in total. The molecule has 4 heteroatoms. The molecule has 2 aromatic carbocycles. The highest BCUT2D eigenvalue weighted by molar-refractivity contribution is 5.91. The fourth-order valence-electron chi connectivity index (χ4n) is 3.73. The van der Waals surface area contributed by atoms with Gasteiger partial charge in [-0.05, 0) is 73.9 Å². The van der Waals surface area contributed by atoms with Crippen LogP contribution in [-0.2, 0) is 16.0 Å². The van der Waals surface area contributed by atoms with Crippen LogP contribution in [-0.4, -0.2) is 25.8 Å². The molecule has 1 unspecified atom stereocenters. The van der Waals surface area contributed by atoms with Crippen LogP contribution in [0.15, 0.2) is 59.2 Å². The highest BCUT2D eigenvalue weighted by Gasteiger charge is 2.20. The van der Waals surface area contributed by atoms with Gasteiger partial charge in [0.15, 0.2) is 0 Å². The molecule has 0 spiro atoms. The van der Waals surface area contributed by atoms with Gasteiger partial charge in [-0.15, -0.1) is 0 Å². The Labute approximate surface area is 176 Å². The first-order chi connectivity index (χ1) is 14.1. The minimum Gasteiger partial charge on any atom is -0.375 e. The summed E-state index contributed by atoms with van der Waals surface area (Å²) in [7, 11) is 1.51. The molecular weight excluding hydrogens is 360 g/mol. The molecule has 2 aromatic rings. The van der Waals surface area contributed by atoms with Crippen molar-refractivity contribution in [1.29, 1.82) is 0 Å². The number of aryl methyl sites for hydroxylation is 1. The van der Waals surface area contributed by atoms with Gasteiger partial charge < -0.3 is 10.1 Å². The summed E-state index contributed by atoms with van der Waals surface area (Å²) in [4.78, 5) is 16.5. The number of methoxy groups -OCH3 is 1. The molecule has 1 amide bonds. The zero-order valence-electron chi connectivity index (χ0n) is 17.6. The molecule has 0 bridgehead atoms. The van der Waals surface area contributed by atoms with Gasteiger partial charge in [0.1, 0.15) is 6.61 Å². The van der Waals surface area contributed by atoms with Crippen molar-refractivity contribution in [3.05, 3.63) is 76.5 Å². The molecule has 0 aromatic heterocycles. The zero-order valence-corrected chi connectivity index (χ0v) is 17.6. The van der Waals surface area contributed by atoms with Gasteiger partial charge in [-0.1, -0.05) is 36.4 Å². The first-order valence-corrected chi connectivity index (χ1v) is 10.2. The van der Waals surface area contributed by atoms with Gasteiger partial charge in [-0.2, -0.15) is 0 Å². The number of allylic oxidation sites excluding steroid dienone is 2. The van der Waals surface area contributed by atoms with Crippen molar-refractivity contribution >= 4 is 17.8 Å².